The van der Waals surface area contributed by atoms with Crippen molar-refractivity contribution >= 4 is 32.6 Å². The number of ether oxygens (including phenoxy) is 1. The van der Waals surface area contributed by atoms with Crippen LogP contribution >= 0.6 is 0 Å². The minimum Gasteiger partial charge on any atom is -0.492 e. The monoisotopic (exact) mass is 483 g/mol. The molecule has 4 bridgehead atoms. The third kappa shape index (κ3) is 3.30. The van der Waals surface area contributed by atoms with Crippen LogP contribution in [0.25, 0.3) is 10.8 Å². The number of carbonyl (C=O) groups is 2. The van der Waals surface area contributed by atoms with Crippen molar-refractivity contribution < 1.29 is 40.9 Å². The summed E-state index contributed by atoms with van der Waals surface area (Å²) in [6.45, 7) is 0. The van der Waals surface area contributed by atoms with Gasteiger partial charge in [-0.2, -0.15) is 17.2 Å². The molecule has 9 nitrogen and oxygen atoms in total. The molecule has 0 spiro atoms. The highest BCUT2D eigenvalue weighted by Crippen LogP contribution is 2.56. The lowest BCUT2D eigenvalue weighted by Gasteiger charge is -2.54. The molecule has 33 heavy (non-hydrogen) atoms. The van der Waals surface area contributed by atoms with Gasteiger partial charge in [0.05, 0.1) is 0 Å². The van der Waals surface area contributed by atoms with Gasteiger partial charge in [0.15, 0.2) is 0 Å². The Bertz CT molecular complexity index is 1330. The van der Waals surface area contributed by atoms with Gasteiger partial charge in [0.2, 0.25) is 5.88 Å². The summed E-state index contributed by atoms with van der Waals surface area (Å²) in [6, 6.07) is 6.65. The predicted octanol–water partition coefficient (Wildman–Crippen LogP) is 1.75. The van der Waals surface area contributed by atoms with Crippen molar-refractivity contribution in [1.82, 2.24) is 4.73 Å². The van der Waals surface area contributed by atoms with Crippen LogP contribution in [0.1, 0.15) is 32.1 Å². The SMILES string of the molecule is O=C1C2CC3CC1CC(OC(=O)C(F)(F)S(=O)(=O)On1c(O)c4ccccc4cc1=O)(C3)C2. The van der Waals surface area contributed by atoms with Gasteiger partial charge in [-0.05, 0) is 49.5 Å². The highest BCUT2D eigenvalue weighted by molar-refractivity contribution is 7.88. The summed E-state index contributed by atoms with van der Waals surface area (Å²) in [5.74, 6) is -4.07. The molecule has 0 aliphatic heterocycles. The van der Waals surface area contributed by atoms with Gasteiger partial charge in [0, 0.05) is 23.3 Å². The molecule has 2 unspecified atom stereocenters. The molecule has 0 saturated heterocycles. The first-order chi connectivity index (χ1) is 15.4. The fourth-order valence-electron chi connectivity index (χ4n) is 5.61. The predicted molar refractivity (Wildman–Crippen MR) is 108 cm³/mol. The van der Waals surface area contributed by atoms with E-state index in [4.69, 9.17) is 4.74 Å². The quantitative estimate of drug-likeness (QED) is 0.637. The Morgan fingerprint density at radius 1 is 1.12 bits per heavy atom. The molecule has 1 N–H and O–H groups in total. The fourth-order valence-corrected chi connectivity index (χ4v) is 6.29. The maximum atomic E-state index is 14.8. The van der Waals surface area contributed by atoms with Crippen LogP contribution in [0.3, 0.4) is 0 Å². The number of aromatic nitrogens is 1. The van der Waals surface area contributed by atoms with Gasteiger partial charge in [0.1, 0.15) is 11.4 Å². The van der Waals surface area contributed by atoms with Crippen molar-refractivity contribution in [3.05, 3.63) is 40.7 Å². The first-order valence-corrected chi connectivity index (χ1v) is 11.8. The molecule has 1 aromatic carbocycles. The number of Topliss-reactive ketones (excluding diaryl/α,β-unsaturated/α-hetero) is 1. The van der Waals surface area contributed by atoms with E-state index >= 15 is 0 Å². The van der Waals surface area contributed by atoms with E-state index in [9.17, 15) is 36.7 Å². The van der Waals surface area contributed by atoms with E-state index < -0.39 is 50.2 Å². The van der Waals surface area contributed by atoms with Gasteiger partial charge in [-0.15, -0.1) is 0 Å². The standard InChI is InChI=1S/C21H19F2NO8S/c22-21(23,19(28)31-20-8-11-5-13(9-20)17(26)14(6-11)10-20)33(29,30)32-24-16(25)7-12-3-1-2-4-15(12)18(24)27/h1-4,7,11,13-14,27H,5-6,8-10H2. The van der Waals surface area contributed by atoms with Crippen molar-refractivity contribution in [2.75, 3.05) is 0 Å². The second-order valence-electron chi connectivity index (χ2n) is 9.05. The van der Waals surface area contributed by atoms with E-state index in [0.29, 0.717) is 12.8 Å². The summed E-state index contributed by atoms with van der Waals surface area (Å²) < 4.78 is 63.3. The zero-order valence-electron chi connectivity index (χ0n) is 17.1. The molecular weight excluding hydrogens is 464 g/mol. The average Bonchev–Trinajstić information content (AvgIpc) is 2.74. The zero-order chi connectivity index (χ0) is 23.8. The molecule has 2 aromatic rings. The van der Waals surface area contributed by atoms with Crippen LogP contribution < -0.4 is 9.84 Å². The second-order valence-corrected chi connectivity index (χ2v) is 10.6. The first-order valence-electron chi connectivity index (χ1n) is 10.4. The Labute approximate surface area is 186 Å². The van der Waals surface area contributed by atoms with Crippen LogP contribution in [-0.4, -0.2) is 40.9 Å². The summed E-state index contributed by atoms with van der Waals surface area (Å²) in [5, 5.41) is 5.24. The lowest BCUT2D eigenvalue weighted by Crippen LogP contribution is -2.58. The normalized spacial score (nSPS) is 28.8. The number of fused-ring (bicyclic) bond motifs is 1. The van der Waals surface area contributed by atoms with Crippen molar-refractivity contribution in [1.29, 1.82) is 0 Å². The zero-order valence-corrected chi connectivity index (χ0v) is 17.9. The highest BCUT2D eigenvalue weighted by Gasteiger charge is 2.63. The number of hydrogen-bond acceptors (Lipinski definition) is 8. The van der Waals surface area contributed by atoms with Crippen molar-refractivity contribution in [2.24, 2.45) is 17.8 Å². The average molecular weight is 483 g/mol. The third-order valence-corrected chi connectivity index (χ3v) is 7.98. The second kappa shape index (κ2) is 6.99. The molecule has 6 rings (SSSR count). The molecule has 4 aliphatic rings. The molecule has 4 aliphatic carbocycles. The summed E-state index contributed by atoms with van der Waals surface area (Å²) >= 11 is 0. The molecule has 1 heterocycles. The van der Waals surface area contributed by atoms with Crippen LogP contribution in [0.2, 0.25) is 0 Å². The van der Waals surface area contributed by atoms with Crippen molar-refractivity contribution in [3.63, 3.8) is 0 Å². The van der Waals surface area contributed by atoms with Gasteiger partial charge in [-0.1, -0.05) is 22.9 Å². The molecule has 4 saturated carbocycles. The van der Waals surface area contributed by atoms with Crippen LogP contribution in [-0.2, 0) is 24.4 Å². The van der Waals surface area contributed by atoms with E-state index in [1.165, 1.54) is 18.2 Å². The first kappa shape index (κ1) is 21.8. The van der Waals surface area contributed by atoms with E-state index in [1.54, 1.807) is 6.07 Å². The maximum absolute atomic E-state index is 14.8. The molecule has 2 atom stereocenters. The number of benzene rings is 1. The van der Waals surface area contributed by atoms with E-state index in [2.05, 4.69) is 4.28 Å². The third-order valence-electron chi connectivity index (χ3n) is 6.84. The number of aromatic hydroxyl groups is 1. The topological polar surface area (TPSA) is 129 Å². The van der Waals surface area contributed by atoms with E-state index in [-0.39, 0.29) is 46.5 Å². The van der Waals surface area contributed by atoms with Crippen LogP contribution in [0, 0.1) is 17.8 Å². The number of halogens is 2. The minimum atomic E-state index is -6.09. The number of carbonyl (C=O) groups excluding carboxylic acids is 2. The lowest BCUT2D eigenvalue weighted by atomic mass is 9.53. The van der Waals surface area contributed by atoms with Crippen molar-refractivity contribution in [3.8, 4) is 5.88 Å². The smallest absolute Gasteiger partial charge is 0.478 e. The van der Waals surface area contributed by atoms with Gasteiger partial charge in [-0.3, -0.25) is 13.9 Å². The summed E-state index contributed by atoms with van der Waals surface area (Å²) in [6.07, 6.45) is 1.65. The van der Waals surface area contributed by atoms with Gasteiger partial charge in [-0.25, -0.2) is 4.79 Å². The molecule has 0 radical (unpaired) electrons. The van der Waals surface area contributed by atoms with Crippen LogP contribution in [0.4, 0.5) is 8.78 Å². The molecule has 0 amide bonds. The molecule has 4 fully saturated rings. The Morgan fingerprint density at radius 2 is 1.76 bits per heavy atom. The number of hydrogen-bond donors (Lipinski definition) is 1. The highest BCUT2D eigenvalue weighted by atomic mass is 32.2. The molecular formula is C21H19F2NO8S. The van der Waals surface area contributed by atoms with E-state index in [0.717, 1.165) is 6.07 Å². The van der Waals surface area contributed by atoms with Gasteiger partial charge in [0.25, 0.3) is 5.56 Å². The summed E-state index contributed by atoms with van der Waals surface area (Å²) in [5.41, 5.74) is -2.57. The Balaban J connectivity index is 1.42. The Kier molecular flexibility index (Phi) is 4.62. The van der Waals surface area contributed by atoms with Crippen molar-refractivity contribution in [2.45, 2.75) is 43.0 Å². The molecule has 1 aromatic heterocycles. The number of rotatable bonds is 5. The minimum absolute atomic E-state index is 0.0311. The largest absolute Gasteiger partial charge is 0.492 e. The fraction of sp³-hybridized carbons (Fsp3) is 0.476. The summed E-state index contributed by atoms with van der Waals surface area (Å²) in [4.78, 5) is 36.8. The maximum Gasteiger partial charge on any atom is 0.478 e. The summed E-state index contributed by atoms with van der Waals surface area (Å²) in [7, 11) is -6.09. The molecule has 176 valence electrons. The van der Waals surface area contributed by atoms with Gasteiger partial charge >= 0.3 is 21.3 Å². The Hall–Kier alpha value is -3.02. The lowest BCUT2D eigenvalue weighted by molar-refractivity contribution is -0.202. The Morgan fingerprint density at radius 3 is 2.42 bits per heavy atom. The molecule has 12 heteroatoms. The van der Waals surface area contributed by atoms with Gasteiger partial charge < -0.3 is 9.84 Å². The van der Waals surface area contributed by atoms with Crippen LogP contribution in [0.5, 0.6) is 5.88 Å². The number of ketones is 1. The van der Waals surface area contributed by atoms with E-state index in [1.807, 2.05) is 0 Å². The number of pyridine rings is 1. The number of alkyl halides is 2. The number of nitrogens with zero attached hydrogens (tertiary/aromatic N) is 1. The van der Waals surface area contributed by atoms with Crippen LogP contribution in [0.15, 0.2) is 35.1 Å². The number of esters is 1.